The number of nitrogens with zero attached hydrogens (tertiary/aromatic N) is 3. The second-order valence-electron chi connectivity index (χ2n) is 6.83. The Morgan fingerprint density at radius 2 is 1.57 bits per heavy atom. The van der Waals surface area contributed by atoms with Crippen LogP contribution >= 0.6 is 0 Å². The van der Waals surface area contributed by atoms with E-state index in [2.05, 4.69) is 0 Å². The summed E-state index contributed by atoms with van der Waals surface area (Å²) >= 11 is 0. The quantitative estimate of drug-likeness (QED) is 0.495. The lowest BCUT2D eigenvalue weighted by atomic mass is 10.3. The molecule has 0 spiro atoms. The van der Waals surface area contributed by atoms with Crippen LogP contribution in [-0.2, 0) is 32.7 Å². The van der Waals surface area contributed by atoms with E-state index >= 15 is 0 Å². The molecule has 8 heteroatoms. The van der Waals surface area contributed by atoms with Crippen molar-refractivity contribution in [1.82, 2.24) is 14.4 Å². The summed E-state index contributed by atoms with van der Waals surface area (Å²) in [4.78, 5) is 28.9. The van der Waals surface area contributed by atoms with Crippen molar-refractivity contribution in [3.05, 3.63) is 54.4 Å². The highest BCUT2D eigenvalue weighted by atomic mass is 16.5. The number of methoxy groups -OCH3 is 2. The van der Waals surface area contributed by atoms with Gasteiger partial charge in [0, 0.05) is 46.2 Å². The summed E-state index contributed by atoms with van der Waals surface area (Å²) in [5.41, 5.74) is 1.00. The van der Waals surface area contributed by atoms with Crippen molar-refractivity contribution in [1.29, 1.82) is 0 Å². The van der Waals surface area contributed by atoms with Gasteiger partial charge in [-0.2, -0.15) is 0 Å². The summed E-state index contributed by atoms with van der Waals surface area (Å²) in [5.74, 6) is 0.182. The van der Waals surface area contributed by atoms with Crippen LogP contribution in [0.25, 0.3) is 0 Å². The van der Waals surface area contributed by atoms with E-state index in [0.717, 1.165) is 5.69 Å². The fraction of sp³-hybridized carbons (Fsp3) is 0.455. The molecule has 0 N–H and O–H groups in total. The van der Waals surface area contributed by atoms with E-state index in [1.807, 2.05) is 48.1 Å². The Morgan fingerprint density at radius 1 is 0.900 bits per heavy atom. The first-order valence-corrected chi connectivity index (χ1v) is 9.86. The summed E-state index contributed by atoms with van der Waals surface area (Å²) in [7, 11) is 5.09. The number of amides is 2. The van der Waals surface area contributed by atoms with Crippen molar-refractivity contribution >= 4 is 11.8 Å². The van der Waals surface area contributed by atoms with Crippen molar-refractivity contribution in [2.75, 3.05) is 53.7 Å². The maximum Gasteiger partial charge on any atom is 0.261 e. The molecule has 2 aromatic rings. The van der Waals surface area contributed by atoms with Gasteiger partial charge in [-0.25, -0.2) is 0 Å². The van der Waals surface area contributed by atoms with E-state index in [4.69, 9.17) is 14.2 Å². The number of para-hydroxylation sites is 1. The average Bonchev–Trinajstić information content (AvgIpc) is 3.17. The van der Waals surface area contributed by atoms with Gasteiger partial charge in [0.05, 0.1) is 26.3 Å². The molecule has 0 fully saturated rings. The van der Waals surface area contributed by atoms with Gasteiger partial charge in [-0.15, -0.1) is 0 Å². The number of carbonyl (C=O) groups excluding carboxylic acids is 2. The van der Waals surface area contributed by atoms with Gasteiger partial charge in [0.2, 0.25) is 5.91 Å². The second-order valence-corrected chi connectivity index (χ2v) is 6.83. The predicted octanol–water partition coefficient (Wildman–Crippen LogP) is 1.55. The van der Waals surface area contributed by atoms with Gasteiger partial charge in [0.1, 0.15) is 5.75 Å². The molecule has 1 aromatic carbocycles. The summed E-state index contributed by atoms with van der Waals surface area (Å²) in [6.45, 7) is 1.75. The van der Waals surface area contributed by atoms with Crippen LogP contribution in [-0.4, -0.2) is 79.9 Å². The first-order chi connectivity index (χ1) is 14.5. The first kappa shape index (κ1) is 23.4. The van der Waals surface area contributed by atoms with Crippen LogP contribution in [0.4, 0.5) is 0 Å². The lowest BCUT2D eigenvalue weighted by Gasteiger charge is -2.27. The van der Waals surface area contributed by atoms with Gasteiger partial charge in [0.15, 0.2) is 6.61 Å². The molecule has 0 unspecified atom stereocenters. The lowest BCUT2D eigenvalue weighted by Crippen LogP contribution is -2.46. The molecule has 0 aliphatic carbocycles. The summed E-state index contributed by atoms with van der Waals surface area (Å²) < 4.78 is 17.8. The standard InChI is InChI=1S/C22H31N3O5/c1-23-11-7-8-19(23)16-24(12-14-28-2)21(26)17-25(13-15-29-3)22(27)18-30-20-9-5-4-6-10-20/h4-11H,12-18H2,1-3H3. The normalized spacial score (nSPS) is 10.6. The van der Waals surface area contributed by atoms with Crippen LogP contribution < -0.4 is 4.74 Å². The maximum atomic E-state index is 13.0. The van der Waals surface area contributed by atoms with Gasteiger partial charge in [-0.05, 0) is 24.3 Å². The highest BCUT2D eigenvalue weighted by Crippen LogP contribution is 2.09. The average molecular weight is 418 g/mol. The molecular formula is C22H31N3O5. The number of aryl methyl sites for hydroxylation is 1. The highest BCUT2D eigenvalue weighted by molar-refractivity contribution is 5.85. The molecule has 0 atom stereocenters. The minimum atomic E-state index is -0.269. The maximum absolute atomic E-state index is 13.0. The van der Waals surface area contributed by atoms with E-state index < -0.39 is 0 Å². The van der Waals surface area contributed by atoms with Crippen LogP contribution in [0.5, 0.6) is 5.75 Å². The molecule has 1 heterocycles. The fourth-order valence-electron chi connectivity index (χ4n) is 2.86. The number of aromatic nitrogens is 1. The van der Waals surface area contributed by atoms with E-state index in [9.17, 15) is 9.59 Å². The summed E-state index contributed by atoms with van der Waals surface area (Å²) in [6, 6.07) is 13.0. The van der Waals surface area contributed by atoms with Crippen LogP contribution in [0, 0.1) is 0 Å². The summed E-state index contributed by atoms with van der Waals surface area (Å²) in [6.07, 6.45) is 1.93. The predicted molar refractivity (Wildman–Crippen MR) is 113 cm³/mol. The van der Waals surface area contributed by atoms with Crippen LogP contribution in [0.3, 0.4) is 0 Å². The monoisotopic (exact) mass is 417 g/mol. The molecule has 30 heavy (non-hydrogen) atoms. The fourth-order valence-corrected chi connectivity index (χ4v) is 2.86. The van der Waals surface area contributed by atoms with E-state index in [-0.39, 0.29) is 25.0 Å². The Kier molecular flexibility index (Phi) is 9.90. The Morgan fingerprint density at radius 3 is 2.17 bits per heavy atom. The van der Waals surface area contributed by atoms with Crippen molar-refractivity contribution in [3.8, 4) is 5.75 Å². The molecule has 0 radical (unpaired) electrons. The molecule has 164 valence electrons. The SMILES string of the molecule is COCCN(CC(=O)N(CCOC)Cc1cccn1C)C(=O)COc1ccccc1. The number of hydrogen-bond donors (Lipinski definition) is 0. The number of hydrogen-bond acceptors (Lipinski definition) is 5. The number of rotatable bonds is 13. The van der Waals surface area contributed by atoms with E-state index in [1.165, 1.54) is 4.90 Å². The van der Waals surface area contributed by atoms with Crippen LogP contribution in [0.2, 0.25) is 0 Å². The van der Waals surface area contributed by atoms with Crippen molar-refractivity contribution in [2.45, 2.75) is 6.54 Å². The Hall–Kier alpha value is -2.84. The van der Waals surface area contributed by atoms with Gasteiger partial charge in [0.25, 0.3) is 5.91 Å². The zero-order valence-electron chi connectivity index (χ0n) is 18.0. The number of ether oxygens (including phenoxy) is 3. The van der Waals surface area contributed by atoms with Gasteiger partial charge in [-0.1, -0.05) is 18.2 Å². The molecule has 2 rings (SSSR count). The molecule has 0 saturated carbocycles. The Balaban J connectivity index is 2.02. The second kappa shape index (κ2) is 12.7. The Bertz CT molecular complexity index is 778. The van der Waals surface area contributed by atoms with Crippen molar-refractivity contribution in [2.24, 2.45) is 7.05 Å². The first-order valence-electron chi connectivity index (χ1n) is 9.86. The molecule has 1 aromatic heterocycles. The number of benzene rings is 1. The van der Waals surface area contributed by atoms with E-state index in [0.29, 0.717) is 38.6 Å². The molecule has 2 amide bonds. The lowest BCUT2D eigenvalue weighted by molar-refractivity contribution is -0.142. The molecule has 0 aliphatic rings. The van der Waals surface area contributed by atoms with Crippen molar-refractivity contribution in [3.63, 3.8) is 0 Å². The molecule has 0 bridgehead atoms. The van der Waals surface area contributed by atoms with E-state index in [1.54, 1.807) is 31.3 Å². The van der Waals surface area contributed by atoms with Gasteiger partial charge < -0.3 is 28.6 Å². The van der Waals surface area contributed by atoms with Crippen LogP contribution in [0.15, 0.2) is 48.7 Å². The zero-order valence-corrected chi connectivity index (χ0v) is 18.0. The number of carbonyl (C=O) groups is 2. The zero-order chi connectivity index (χ0) is 21.8. The third-order valence-electron chi connectivity index (χ3n) is 4.67. The third kappa shape index (κ3) is 7.53. The van der Waals surface area contributed by atoms with Gasteiger partial charge >= 0.3 is 0 Å². The Labute approximate surface area is 177 Å². The smallest absolute Gasteiger partial charge is 0.261 e. The topological polar surface area (TPSA) is 73.2 Å². The molecular weight excluding hydrogens is 386 g/mol. The van der Waals surface area contributed by atoms with Gasteiger partial charge in [-0.3, -0.25) is 9.59 Å². The summed E-state index contributed by atoms with van der Waals surface area (Å²) in [5, 5.41) is 0. The molecule has 8 nitrogen and oxygen atoms in total. The highest BCUT2D eigenvalue weighted by Gasteiger charge is 2.22. The third-order valence-corrected chi connectivity index (χ3v) is 4.67. The molecule has 0 aliphatic heterocycles. The minimum Gasteiger partial charge on any atom is -0.484 e. The molecule has 0 saturated heterocycles. The largest absolute Gasteiger partial charge is 0.484 e. The minimum absolute atomic E-state index is 0.0471. The van der Waals surface area contributed by atoms with Crippen molar-refractivity contribution < 1.29 is 23.8 Å². The van der Waals surface area contributed by atoms with Crippen LogP contribution in [0.1, 0.15) is 5.69 Å².